The fourth-order valence-corrected chi connectivity index (χ4v) is 3.36. The lowest BCUT2D eigenvalue weighted by Gasteiger charge is -2.24. The van der Waals surface area contributed by atoms with Crippen molar-refractivity contribution in [3.8, 4) is 0 Å². The molecular formula is C9H19OP. The van der Waals surface area contributed by atoms with E-state index < -0.39 is 6.89 Å². The molecule has 0 spiro atoms. The normalized spacial score (nSPS) is 25.6. The van der Waals surface area contributed by atoms with E-state index >= 15 is 0 Å². The number of hydrogen-bond acceptors (Lipinski definition) is 1. The average Bonchev–Trinajstić information content (AvgIpc) is 2.37. The Morgan fingerprint density at radius 3 is 2.36 bits per heavy atom. The van der Waals surface area contributed by atoms with Crippen LogP contribution in [0.4, 0.5) is 0 Å². The average molecular weight is 174 g/mol. The summed E-state index contributed by atoms with van der Waals surface area (Å²) in [5.41, 5.74) is 0.854. The van der Waals surface area contributed by atoms with Gasteiger partial charge in [0.2, 0.25) is 0 Å². The van der Waals surface area contributed by atoms with E-state index in [1.54, 1.807) is 5.29 Å². The van der Waals surface area contributed by atoms with Crippen LogP contribution in [0.15, 0.2) is 0 Å². The summed E-state index contributed by atoms with van der Waals surface area (Å²) in [5.74, 6) is 0. The van der Waals surface area contributed by atoms with Crippen molar-refractivity contribution in [1.29, 1.82) is 0 Å². The molecule has 2 heteroatoms. The highest BCUT2D eigenvalue weighted by molar-refractivity contribution is 7.75. The van der Waals surface area contributed by atoms with E-state index in [1.165, 1.54) is 6.42 Å². The van der Waals surface area contributed by atoms with Gasteiger partial charge in [0, 0.05) is 12.3 Å². The second-order valence-electron chi connectivity index (χ2n) is 4.00. The molecule has 1 heterocycles. The van der Waals surface area contributed by atoms with E-state index in [0.29, 0.717) is 0 Å². The molecule has 0 bridgehead atoms. The summed E-state index contributed by atoms with van der Waals surface area (Å²) < 4.78 is 5.41. The molecule has 1 unspecified atom stereocenters. The SMILES string of the molecule is CC(C)=P(C)(C)C1CCOC1. The third kappa shape index (κ3) is 1.89. The first-order valence-corrected chi connectivity index (χ1v) is 7.02. The van der Waals surface area contributed by atoms with Crippen LogP contribution in [-0.4, -0.2) is 37.5 Å². The smallest absolute Gasteiger partial charge is 0.0533 e. The molecule has 1 nitrogen and oxygen atoms in total. The molecule has 1 atom stereocenters. The van der Waals surface area contributed by atoms with Crippen LogP contribution in [0.2, 0.25) is 0 Å². The zero-order chi connectivity index (χ0) is 8.48. The van der Waals surface area contributed by atoms with Crippen LogP contribution in [0.3, 0.4) is 0 Å². The highest BCUT2D eigenvalue weighted by Crippen LogP contribution is 2.49. The van der Waals surface area contributed by atoms with Crippen molar-refractivity contribution in [2.75, 3.05) is 26.5 Å². The van der Waals surface area contributed by atoms with Crippen LogP contribution in [-0.2, 0) is 4.74 Å². The van der Waals surface area contributed by atoms with Crippen molar-refractivity contribution < 1.29 is 4.74 Å². The van der Waals surface area contributed by atoms with Crippen LogP contribution in [0.5, 0.6) is 0 Å². The Hall–Kier alpha value is 0.260. The predicted octanol–water partition coefficient (Wildman–Crippen LogP) is 2.26. The van der Waals surface area contributed by atoms with Crippen molar-refractivity contribution in [1.82, 2.24) is 0 Å². The molecule has 0 aliphatic carbocycles. The van der Waals surface area contributed by atoms with E-state index in [-0.39, 0.29) is 0 Å². The lowest BCUT2D eigenvalue weighted by molar-refractivity contribution is 0.199. The van der Waals surface area contributed by atoms with Gasteiger partial charge in [0.25, 0.3) is 0 Å². The summed E-state index contributed by atoms with van der Waals surface area (Å²) >= 11 is 0. The van der Waals surface area contributed by atoms with Crippen LogP contribution in [0.1, 0.15) is 20.3 Å². The molecule has 0 aromatic carbocycles. The molecule has 0 amide bonds. The Morgan fingerprint density at radius 1 is 1.36 bits per heavy atom. The summed E-state index contributed by atoms with van der Waals surface area (Å²) in [7, 11) is 0. The highest BCUT2D eigenvalue weighted by atomic mass is 31.2. The van der Waals surface area contributed by atoms with Crippen LogP contribution < -0.4 is 0 Å². The van der Waals surface area contributed by atoms with Gasteiger partial charge in [0.15, 0.2) is 0 Å². The first-order valence-electron chi connectivity index (χ1n) is 4.27. The lowest BCUT2D eigenvalue weighted by Crippen LogP contribution is -2.10. The molecule has 0 radical (unpaired) electrons. The second kappa shape index (κ2) is 3.33. The minimum atomic E-state index is -0.770. The van der Waals surface area contributed by atoms with E-state index in [0.717, 1.165) is 18.9 Å². The van der Waals surface area contributed by atoms with Crippen molar-refractivity contribution in [2.24, 2.45) is 0 Å². The molecule has 66 valence electrons. The molecule has 0 aromatic rings. The molecular weight excluding hydrogens is 155 g/mol. The molecule has 1 rings (SSSR count). The van der Waals surface area contributed by atoms with Crippen molar-refractivity contribution in [3.63, 3.8) is 0 Å². The van der Waals surface area contributed by atoms with Gasteiger partial charge in [-0.3, -0.25) is 0 Å². The van der Waals surface area contributed by atoms with Gasteiger partial charge in [-0.15, -0.1) is 6.89 Å². The summed E-state index contributed by atoms with van der Waals surface area (Å²) in [5, 5.41) is 1.63. The number of ether oxygens (including phenoxy) is 1. The minimum Gasteiger partial charge on any atom is -0.381 e. The predicted molar refractivity (Wildman–Crippen MR) is 54.3 cm³/mol. The fraction of sp³-hybridized carbons (Fsp3) is 0.889. The van der Waals surface area contributed by atoms with Crippen LogP contribution in [0, 0.1) is 0 Å². The molecule has 11 heavy (non-hydrogen) atoms. The topological polar surface area (TPSA) is 9.23 Å². The lowest BCUT2D eigenvalue weighted by atomic mass is 10.4. The van der Waals surface area contributed by atoms with Gasteiger partial charge >= 0.3 is 0 Å². The summed E-state index contributed by atoms with van der Waals surface area (Å²) in [6.07, 6.45) is 1.28. The number of hydrogen-bond donors (Lipinski definition) is 0. The molecule has 1 saturated heterocycles. The maximum Gasteiger partial charge on any atom is 0.0533 e. The van der Waals surface area contributed by atoms with E-state index in [9.17, 15) is 0 Å². The first kappa shape index (κ1) is 9.35. The van der Waals surface area contributed by atoms with Gasteiger partial charge in [-0.1, -0.05) is 5.29 Å². The van der Waals surface area contributed by atoms with Gasteiger partial charge in [0.1, 0.15) is 0 Å². The molecule has 1 aliphatic heterocycles. The molecule has 0 saturated carbocycles. The van der Waals surface area contributed by atoms with Crippen LogP contribution in [0.25, 0.3) is 0 Å². The Labute approximate surface area is 70.1 Å². The fourth-order valence-electron chi connectivity index (χ4n) is 1.40. The molecule has 0 N–H and O–H groups in total. The van der Waals surface area contributed by atoms with Crippen molar-refractivity contribution in [3.05, 3.63) is 0 Å². The zero-order valence-corrected chi connectivity index (χ0v) is 8.95. The highest BCUT2D eigenvalue weighted by Gasteiger charge is 2.24. The molecule has 1 fully saturated rings. The summed E-state index contributed by atoms with van der Waals surface area (Å²) in [4.78, 5) is 0. The van der Waals surface area contributed by atoms with Crippen molar-refractivity contribution >= 4 is 12.2 Å². The van der Waals surface area contributed by atoms with Gasteiger partial charge in [-0.05, 0) is 33.6 Å². The molecule has 0 aromatic heterocycles. The monoisotopic (exact) mass is 174 g/mol. The largest absolute Gasteiger partial charge is 0.381 e. The van der Waals surface area contributed by atoms with E-state index in [1.807, 2.05) is 0 Å². The van der Waals surface area contributed by atoms with Gasteiger partial charge < -0.3 is 4.74 Å². The van der Waals surface area contributed by atoms with Gasteiger partial charge in [0.05, 0.1) is 6.61 Å². The minimum absolute atomic E-state index is 0.770. The Kier molecular flexibility index (Phi) is 2.83. The van der Waals surface area contributed by atoms with Gasteiger partial charge in [-0.2, -0.15) is 0 Å². The molecule has 1 aliphatic rings. The Morgan fingerprint density at radius 2 is 2.00 bits per heavy atom. The third-order valence-electron chi connectivity index (χ3n) is 2.97. The third-order valence-corrected chi connectivity index (χ3v) is 7.51. The summed E-state index contributed by atoms with van der Waals surface area (Å²) in [6, 6.07) is 0. The first-order chi connectivity index (χ1) is 5.05. The Bertz CT molecular complexity index is 180. The van der Waals surface area contributed by atoms with Crippen LogP contribution >= 0.6 is 6.89 Å². The zero-order valence-electron chi connectivity index (χ0n) is 8.05. The Balaban J connectivity index is 2.79. The standard InChI is InChI=1S/C9H19OP/c1-8(2)11(3,4)9-5-6-10-7-9/h9H,5-7H2,1-4H3. The second-order valence-corrected chi connectivity index (χ2v) is 8.71. The number of rotatable bonds is 1. The van der Waals surface area contributed by atoms with Gasteiger partial charge in [-0.25, -0.2) is 0 Å². The van der Waals surface area contributed by atoms with E-state index in [4.69, 9.17) is 4.74 Å². The maximum absolute atomic E-state index is 5.41. The van der Waals surface area contributed by atoms with Crippen molar-refractivity contribution in [2.45, 2.75) is 25.9 Å². The van der Waals surface area contributed by atoms with E-state index in [2.05, 4.69) is 27.2 Å². The summed E-state index contributed by atoms with van der Waals surface area (Å²) in [6.45, 7) is 10.6. The quantitative estimate of drug-likeness (QED) is 0.554. The maximum atomic E-state index is 5.41.